The Morgan fingerprint density at radius 3 is 1.33 bits per heavy atom. The average molecular weight is 286 g/mol. The van der Waals surface area contributed by atoms with E-state index in [0.29, 0.717) is 0 Å². The molecule has 0 unspecified atom stereocenters. The van der Waals surface area contributed by atoms with Crippen LogP contribution in [0.5, 0.6) is 0 Å². The summed E-state index contributed by atoms with van der Waals surface area (Å²) in [5, 5.41) is 14.8. The molecule has 0 fully saturated rings. The van der Waals surface area contributed by atoms with Gasteiger partial charge in [0.25, 0.3) is 0 Å². The van der Waals surface area contributed by atoms with Gasteiger partial charge in [-0.25, -0.2) is 0 Å². The topological polar surface area (TPSA) is 96.2 Å². The van der Waals surface area contributed by atoms with Crippen LogP contribution in [-0.2, 0) is 0 Å². The van der Waals surface area contributed by atoms with Crippen molar-refractivity contribution in [3.05, 3.63) is 15.3 Å². The second-order valence-corrected chi connectivity index (χ2v) is 0.224. The van der Waals surface area contributed by atoms with Crippen LogP contribution in [0.3, 0.4) is 0 Å². The third-order valence-electron chi connectivity index (χ3n) is 0. The Balaban J connectivity index is -0.0000000450. The predicted molar refractivity (Wildman–Crippen MR) is 18.1 cm³/mol. The Hall–Kier alpha value is 0.0821. The first-order valence-electron chi connectivity index (χ1n) is 0.548. The van der Waals surface area contributed by atoms with E-state index in [4.69, 9.17) is 15.3 Å². The van der Waals surface area contributed by atoms with Crippen molar-refractivity contribution >= 4 is 27.3 Å². The van der Waals surface area contributed by atoms with E-state index in [9.17, 15) is 0 Å². The molecule has 1 N–H and O–H groups in total. The molecule has 0 aromatic heterocycles. The normalized spacial score (nSPS) is 4.00. The Labute approximate surface area is 53.5 Å². The second kappa shape index (κ2) is 8.91. The van der Waals surface area contributed by atoms with E-state index < -0.39 is 5.09 Å². The first-order valence-corrected chi connectivity index (χ1v) is 0.548. The zero-order valence-corrected chi connectivity index (χ0v) is 6.51. The molecule has 0 aliphatic heterocycles. The molecule has 0 bridgehead atoms. The fraction of sp³-hybridized carbons (Fsp3) is 0. The van der Waals surface area contributed by atoms with E-state index >= 15 is 0 Å². The third-order valence-corrected chi connectivity index (χ3v) is 0. The summed E-state index contributed by atoms with van der Waals surface area (Å²) in [5.74, 6) is 0. The zero-order valence-electron chi connectivity index (χ0n) is 2.62. The van der Waals surface area contributed by atoms with Crippen molar-refractivity contribution in [3.63, 3.8) is 0 Å². The van der Waals surface area contributed by atoms with E-state index in [1.54, 1.807) is 0 Å². The molecule has 0 rings (SSSR count). The summed E-state index contributed by atoms with van der Waals surface area (Å²) >= 11 is 0. The summed E-state index contributed by atoms with van der Waals surface area (Å²) in [6.45, 7) is 0. The average Bonchev–Trinajstić information content (AvgIpc) is 0.811. The van der Waals surface area contributed by atoms with Gasteiger partial charge in [-0.05, 0) is 0 Å². The van der Waals surface area contributed by atoms with Gasteiger partial charge >= 0.3 is 27.3 Å². The molecule has 0 aliphatic rings. The maximum atomic E-state index is 8.25. The van der Waals surface area contributed by atoms with Crippen LogP contribution in [0.25, 0.3) is 0 Å². The van der Waals surface area contributed by atoms with Gasteiger partial charge in [-0.3, -0.25) is 0 Å². The maximum Gasteiger partial charge on any atom is 2.00 e. The van der Waals surface area contributed by atoms with Gasteiger partial charge in [-0.2, -0.15) is 0 Å². The summed E-state index contributed by atoms with van der Waals surface area (Å²) in [5.41, 5.74) is 0. The van der Waals surface area contributed by atoms with Crippen molar-refractivity contribution in [2.45, 2.75) is 0 Å². The quantitative estimate of drug-likeness (QED) is 0.331. The Morgan fingerprint density at radius 1 is 1.33 bits per heavy atom. The van der Waals surface area contributed by atoms with Crippen molar-refractivity contribution in [3.8, 4) is 0 Å². The van der Waals surface area contributed by atoms with Crippen LogP contribution in [0.15, 0.2) is 0 Å². The van der Waals surface area contributed by atoms with Gasteiger partial charge in [0.15, 0.2) is 0 Å². The molecule has 0 atom stereocenters. The van der Waals surface area contributed by atoms with Crippen molar-refractivity contribution in [2.24, 2.45) is 0 Å². The molecule has 34 valence electrons. The number of rotatable bonds is 0. The number of hydrogen-bond donors (Lipinski definition) is 0. The fourth-order valence-electron chi connectivity index (χ4n) is 0. The summed E-state index contributed by atoms with van der Waals surface area (Å²) in [7, 11) is 0. The van der Waals surface area contributed by atoms with E-state index in [1.165, 1.54) is 0 Å². The molecule has 0 heterocycles. The summed E-state index contributed by atoms with van der Waals surface area (Å²) in [6, 6.07) is 0. The largest absolute Gasteiger partial charge is 2.00 e. The minimum absolute atomic E-state index is 0. The van der Waals surface area contributed by atoms with Gasteiger partial charge in [0.2, 0.25) is 0 Å². The Bertz CT molecular complexity index is 30.5. The minimum atomic E-state index is -1.75. The molecule has 0 aromatic rings. The van der Waals surface area contributed by atoms with Gasteiger partial charge < -0.3 is 20.8 Å². The van der Waals surface area contributed by atoms with Crippen LogP contribution < -0.4 is 0 Å². The van der Waals surface area contributed by atoms with Crippen molar-refractivity contribution < 1.29 is 10.6 Å². The maximum absolute atomic E-state index is 8.25. The third kappa shape index (κ3) is 5760. The molecule has 2 radical (unpaired) electrons. The van der Waals surface area contributed by atoms with E-state index in [-0.39, 0.29) is 32.8 Å². The standard InChI is InChI=1S/NO3.H2O.Pb/c2-1(3)4;;/h;1H2;/q-1;;+2/p-1. The molecule has 6 heteroatoms. The molecular formula is HNO4Pb. The SMILES string of the molecule is O=[N+]([O-])[O-].[OH-].[Pb+2]. The molecule has 0 saturated heterocycles. The van der Waals surface area contributed by atoms with Crippen LogP contribution in [0.1, 0.15) is 0 Å². The van der Waals surface area contributed by atoms with Crippen molar-refractivity contribution in [2.75, 3.05) is 0 Å². The summed E-state index contributed by atoms with van der Waals surface area (Å²) in [6.07, 6.45) is 0. The molecule has 5 nitrogen and oxygen atoms in total. The van der Waals surface area contributed by atoms with Crippen LogP contribution in [0.2, 0.25) is 0 Å². The van der Waals surface area contributed by atoms with Crippen LogP contribution >= 0.6 is 0 Å². The first kappa shape index (κ1) is 16.5. The monoisotopic (exact) mass is 287 g/mol. The van der Waals surface area contributed by atoms with Gasteiger partial charge in [0.1, 0.15) is 0 Å². The second-order valence-electron chi connectivity index (χ2n) is 0.224. The van der Waals surface area contributed by atoms with E-state index in [0.717, 1.165) is 0 Å². The molecule has 0 aliphatic carbocycles. The molecule has 6 heavy (non-hydrogen) atoms. The fourth-order valence-corrected chi connectivity index (χ4v) is 0. The zero-order chi connectivity index (χ0) is 3.58. The van der Waals surface area contributed by atoms with Crippen molar-refractivity contribution in [1.82, 2.24) is 0 Å². The van der Waals surface area contributed by atoms with Gasteiger partial charge in [0.05, 0.1) is 5.09 Å². The summed E-state index contributed by atoms with van der Waals surface area (Å²) < 4.78 is 0. The van der Waals surface area contributed by atoms with Crippen LogP contribution in [0.4, 0.5) is 0 Å². The van der Waals surface area contributed by atoms with E-state index in [2.05, 4.69) is 0 Å². The predicted octanol–water partition coefficient (Wildman–Crippen LogP) is -0.797. The Morgan fingerprint density at radius 2 is 1.33 bits per heavy atom. The number of hydrogen-bond acceptors (Lipinski definition) is 4. The van der Waals surface area contributed by atoms with Gasteiger partial charge in [-0.1, -0.05) is 0 Å². The van der Waals surface area contributed by atoms with E-state index in [1.807, 2.05) is 0 Å². The van der Waals surface area contributed by atoms with Crippen LogP contribution in [0, 0.1) is 15.3 Å². The smallest absolute Gasteiger partial charge is 0.870 e. The van der Waals surface area contributed by atoms with Gasteiger partial charge in [-0.15, -0.1) is 0 Å². The first-order chi connectivity index (χ1) is 1.73. The van der Waals surface area contributed by atoms with Gasteiger partial charge in [0, 0.05) is 0 Å². The molecule has 0 saturated carbocycles. The van der Waals surface area contributed by atoms with Crippen LogP contribution in [-0.4, -0.2) is 37.9 Å². The molecule has 0 amide bonds. The summed E-state index contributed by atoms with van der Waals surface area (Å²) in [4.78, 5) is 8.25. The molecule has 0 aromatic carbocycles. The minimum Gasteiger partial charge on any atom is -0.870 e. The number of nitrogens with zero attached hydrogens (tertiary/aromatic N) is 1. The van der Waals surface area contributed by atoms with Crippen molar-refractivity contribution in [1.29, 1.82) is 0 Å². The Kier molecular flexibility index (Phi) is 24.6. The molecular weight excluding hydrogens is 285 g/mol. The molecule has 0 spiro atoms.